The van der Waals surface area contributed by atoms with Gasteiger partial charge in [-0.15, -0.1) is 11.3 Å². The van der Waals surface area contributed by atoms with E-state index in [0.717, 1.165) is 0 Å². The molecule has 4 aromatic rings. The third-order valence-corrected chi connectivity index (χ3v) is 5.15. The lowest BCUT2D eigenvalue weighted by Gasteiger charge is -2.15. The van der Waals surface area contributed by atoms with Gasteiger partial charge in [0.2, 0.25) is 0 Å². The monoisotopic (exact) mass is 305 g/mol. The Morgan fingerprint density at radius 2 is 1.77 bits per heavy atom. The Hall–Kier alpha value is -2.06. The predicted octanol–water partition coefficient (Wildman–Crippen LogP) is 6.35. The molecule has 0 amide bonds. The fourth-order valence-corrected chi connectivity index (χ4v) is 3.67. The van der Waals surface area contributed by atoms with E-state index in [1.165, 1.54) is 37.8 Å². The van der Waals surface area contributed by atoms with Crippen molar-refractivity contribution in [1.29, 1.82) is 0 Å². The standard InChI is InChI=1S/C20H19NS/c1-20(2,3)19-12-16-15-8-6-14(18-5-4-10-22-18)11-13(15)7-9-17(16)21-19/h4-12,21H,1-3H3. The van der Waals surface area contributed by atoms with Crippen molar-refractivity contribution in [1.82, 2.24) is 4.98 Å². The molecule has 0 bridgehead atoms. The Labute approximate surface area is 134 Å². The van der Waals surface area contributed by atoms with Crippen LogP contribution >= 0.6 is 11.3 Å². The van der Waals surface area contributed by atoms with Crippen LogP contribution in [0.5, 0.6) is 0 Å². The van der Waals surface area contributed by atoms with Crippen LogP contribution in [0.25, 0.3) is 32.1 Å². The summed E-state index contributed by atoms with van der Waals surface area (Å²) >= 11 is 1.79. The zero-order valence-electron chi connectivity index (χ0n) is 13.1. The number of benzene rings is 2. The zero-order chi connectivity index (χ0) is 15.3. The fraction of sp³-hybridized carbons (Fsp3) is 0.200. The number of aromatic amines is 1. The van der Waals surface area contributed by atoms with Crippen LogP contribution in [0, 0.1) is 0 Å². The molecular formula is C20H19NS. The van der Waals surface area contributed by atoms with Crippen LogP contribution in [-0.2, 0) is 5.41 Å². The third kappa shape index (κ3) is 2.15. The Kier molecular flexibility index (Phi) is 2.92. The summed E-state index contributed by atoms with van der Waals surface area (Å²) in [6.07, 6.45) is 0. The Morgan fingerprint density at radius 1 is 0.909 bits per heavy atom. The molecule has 22 heavy (non-hydrogen) atoms. The van der Waals surface area contributed by atoms with Crippen LogP contribution in [0.4, 0.5) is 0 Å². The summed E-state index contributed by atoms with van der Waals surface area (Å²) in [5, 5.41) is 6.08. The van der Waals surface area contributed by atoms with E-state index in [4.69, 9.17) is 0 Å². The molecule has 0 fully saturated rings. The van der Waals surface area contributed by atoms with Crippen molar-refractivity contribution in [2.24, 2.45) is 0 Å². The average Bonchev–Trinajstić information content (AvgIpc) is 3.15. The van der Waals surface area contributed by atoms with E-state index in [0.29, 0.717) is 0 Å². The Bertz CT molecular complexity index is 953. The summed E-state index contributed by atoms with van der Waals surface area (Å²) in [4.78, 5) is 4.90. The van der Waals surface area contributed by atoms with Gasteiger partial charge in [-0.05, 0) is 46.0 Å². The molecule has 0 aliphatic heterocycles. The predicted molar refractivity (Wildman–Crippen MR) is 97.8 cm³/mol. The molecular weight excluding hydrogens is 286 g/mol. The molecule has 2 heterocycles. The number of aromatic nitrogens is 1. The van der Waals surface area contributed by atoms with Gasteiger partial charge in [-0.1, -0.05) is 45.0 Å². The number of hydrogen-bond donors (Lipinski definition) is 1. The molecule has 0 atom stereocenters. The van der Waals surface area contributed by atoms with E-state index in [1.54, 1.807) is 11.3 Å². The molecule has 0 spiro atoms. The van der Waals surface area contributed by atoms with Gasteiger partial charge in [0, 0.05) is 26.9 Å². The van der Waals surface area contributed by atoms with E-state index in [2.05, 4.69) is 79.7 Å². The van der Waals surface area contributed by atoms with Crippen molar-refractivity contribution in [3.05, 3.63) is 59.6 Å². The molecule has 0 saturated heterocycles. The summed E-state index contributed by atoms with van der Waals surface area (Å²) in [5.74, 6) is 0. The van der Waals surface area contributed by atoms with Crippen molar-refractivity contribution >= 4 is 33.0 Å². The molecule has 0 aliphatic carbocycles. The number of hydrogen-bond acceptors (Lipinski definition) is 1. The molecule has 0 unspecified atom stereocenters. The number of nitrogens with one attached hydrogen (secondary N) is 1. The smallest absolute Gasteiger partial charge is 0.0462 e. The van der Waals surface area contributed by atoms with Gasteiger partial charge in [0.1, 0.15) is 0 Å². The second kappa shape index (κ2) is 4.72. The van der Waals surface area contributed by atoms with E-state index in [9.17, 15) is 0 Å². The topological polar surface area (TPSA) is 15.8 Å². The van der Waals surface area contributed by atoms with E-state index >= 15 is 0 Å². The van der Waals surface area contributed by atoms with Gasteiger partial charge < -0.3 is 4.98 Å². The first-order valence-electron chi connectivity index (χ1n) is 7.62. The molecule has 2 aromatic carbocycles. The van der Waals surface area contributed by atoms with Crippen molar-refractivity contribution < 1.29 is 0 Å². The first-order valence-corrected chi connectivity index (χ1v) is 8.50. The maximum atomic E-state index is 3.57. The van der Waals surface area contributed by atoms with Crippen molar-refractivity contribution in [2.75, 3.05) is 0 Å². The van der Waals surface area contributed by atoms with Crippen molar-refractivity contribution in [2.45, 2.75) is 26.2 Å². The number of H-pyrrole nitrogens is 1. The second-order valence-corrected chi connectivity index (χ2v) is 7.82. The largest absolute Gasteiger partial charge is 0.358 e. The van der Waals surface area contributed by atoms with Crippen LogP contribution in [0.2, 0.25) is 0 Å². The number of rotatable bonds is 1. The highest BCUT2D eigenvalue weighted by molar-refractivity contribution is 7.13. The molecule has 0 aliphatic rings. The van der Waals surface area contributed by atoms with Crippen LogP contribution < -0.4 is 0 Å². The van der Waals surface area contributed by atoms with Crippen molar-refractivity contribution in [3.63, 3.8) is 0 Å². The minimum Gasteiger partial charge on any atom is -0.358 e. The van der Waals surface area contributed by atoms with Crippen LogP contribution in [0.3, 0.4) is 0 Å². The van der Waals surface area contributed by atoms with Gasteiger partial charge in [-0.2, -0.15) is 0 Å². The summed E-state index contributed by atoms with van der Waals surface area (Å²) in [6, 6.07) is 17.8. The molecule has 2 aromatic heterocycles. The molecule has 4 rings (SSSR count). The van der Waals surface area contributed by atoms with Crippen LogP contribution in [0.15, 0.2) is 53.9 Å². The minimum atomic E-state index is 0.141. The van der Waals surface area contributed by atoms with Gasteiger partial charge in [0.25, 0.3) is 0 Å². The van der Waals surface area contributed by atoms with Crippen LogP contribution in [0.1, 0.15) is 26.5 Å². The Balaban J connectivity index is 1.95. The van der Waals surface area contributed by atoms with E-state index in [-0.39, 0.29) is 5.41 Å². The lowest BCUT2D eigenvalue weighted by molar-refractivity contribution is 0.574. The molecule has 110 valence electrons. The van der Waals surface area contributed by atoms with Gasteiger partial charge in [0.15, 0.2) is 0 Å². The third-order valence-electron chi connectivity index (χ3n) is 4.23. The molecule has 0 saturated carbocycles. The van der Waals surface area contributed by atoms with E-state index < -0.39 is 0 Å². The maximum absolute atomic E-state index is 3.57. The van der Waals surface area contributed by atoms with E-state index in [1.807, 2.05) is 0 Å². The molecule has 0 radical (unpaired) electrons. The van der Waals surface area contributed by atoms with Gasteiger partial charge in [0.05, 0.1) is 0 Å². The average molecular weight is 305 g/mol. The number of fused-ring (bicyclic) bond motifs is 3. The summed E-state index contributed by atoms with van der Waals surface area (Å²) in [6.45, 7) is 6.73. The summed E-state index contributed by atoms with van der Waals surface area (Å²) in [7, 11) is 0. The van der Waals surface area contributed by atoms with Gasteiger partial charge in [-0.3, -0.25) is 0 Å². The first-order chi connectivity index (χ1) is 10.5. The molecule has 1 N–H and O–H groups in total. The quantitative estimate of drug-likeness (QED) is 0.422. The minimum absolute atomic E-state index is 0.141. The summed E-state index contributed by atoms with van der Waals surface area (Å²) < 4.78 is 0. The van der Waals surface area contributed by atoms with Crippen LogP contribution in [-0.4, -0.2) is 4.98 Å². The molecule has 2 heteroatoms. The van der Waals surface area contributed by atoms with Crippen molar-refractivity contribution in [3.8, 4) is 10.4 Å². The highest BCUT2D eigenvalue weighted by Gasteiger charge is 2.17. The van der Waals surface area contributed by atoms with Gasteiger partial charge >= 0.3 is 0 Å². The highest BCUT2D eigenvalue weighted by Crippen LogP contribution is 2.33. The highest BCUT2D eigenvalue weighted by atomic mass is 32.1. The number of thiophene rings is 1. The second-order valence-electron chi connectivity index (χ2n) is 6.87. The first kappa shape index (κ1) is 13.6. The fourth-order valence-electron chi connectivity index (χ4n) is 2.94. The SMILES string of the molecule is CC(C)(C)c1cc2c(ccc3cc(-c4cccs4)ccc32)[nH]1. The summed E-state index contributed by atoms with van der Waals surface area (Å²) in [5.41, 5.74) is 3.95. The normalized spacial score (nSPS) is 12.3. The molecule has 1 nitrogen and oxygen atoms in total. The lowest BCUT2D eigenvalue weighted by Crippen LogP contribution is -2.10. The maximum Gasteiger partial charge on any atom is 0.0462 e. The Morgan fingerprint density at radius 3 is 2.50 bits per heavy atom. The zero-order valence-corrected chi connectivity index (χ0v) is 13.9. The lowest BCUT2D eigenvalue weighted by atomic mass is 9.92. The van der Waals surface area contributed by atoms with Gasteiger partial charge in [-0.25, -0.2) is 0 Å².